The fraction of sp³-hybridized carbons (Fsp3) is 0.300. The standard InChI is InChI=1S/C20H21NO2/c1-15(20(23)17-8-3-2-4-9-17)11-12-19(22)21-14-13-16-7-5-6-10-18(16)21/h2-10,15H,11-14H2,1H3/t15-/m1/s1. The number of benzene rings is 2. The van der Waals surface area contributed by atoms with Crippen LogP contribution in [0.25, 0.3) is 0 Å². The molecule has 118 valence electrons. The van der Waals surface area contributed by atoms with Crippen molar-refractivity contribution in [1.29, 1.82) is 0 Å². The van der Waals surface area contributed by atoms with E-state index in [-0.39, 0.29) is 17.6 Å². The van der Waals surface area contributed by atoms with Gasteiger partial charge in [0.1, 0.15) is 0 Å². The number of Topliss-reactive ketones (excluding diaryl/α,β-unsaturated/α-hetero) is 1. The van der Waals surface area contributed by atoms with E-state index in [1.165, 1.54) is 5.56 Å². The van der Waals surface area contributed by atoms with Crippen LogP contribution in [-0.2, 0) is 11.2 Å². The van der Waals surface area contributed by atoms with Crippen molar-refractivity contribution >= 4 is 17.4 Å². The molecule has 1 amide bonds. The van der Waals surface area contributed by atoms with Gasteiger partial charge in [-0.3, -0.25) is 9.59 Å². The smallest absolute Gasteiger partial charge is 0.227 e. The Balaban J connectivity index is 1.58. The van der Waals surface area contributed by atoms with Gasteiger partial charge in [-0.25, -0.2) is 0 Å². The Morgan fingerprint density at radius 2 is 1.74 bits per heavy atom. The van der Waals surface area contributed by atoms with Gasteiger partial charge in [-0.1, -0.05) is 55.5 Å². The molecular formula is C20H21NO2. The third-order valence-corrected chi connectivity index (χ3v) is 4.49. The first kappa shape index (κ1) is 15.5. The number of carbonyl (C=O) groups excluding carboxylic acids is 2. The molecule has 3 rings (SSSR count). The molecular weight excluding hydrogens is 286 g/mol. The highest BCUT2D eigenvalue weighted by Gasteiger charge is 2.25. The molecule has 2 aromatic rings. The molecule has 0 bridgehead atoms. The van der Waals surface area contributed by atoms with E-state index in [2.05, 4.69) is 6.07 Å². The molecule has 0 spiro atoms. The maximum absolute atomic E-state index is 12.5. The molecule has 1 heterocycles. The van der Waals surface area contributed by atoms with Crippen LogP contribution in [0.3, 0.4) is 0 Å². The van der Waals surface area contributed by atoms with Gasteiger partial charge in [-0.15, -0.1) is 0 Å². The molecule has 0 saturated heterocycles. The third-order valence-electron chi connectivity index (χ3n) is 4.49. The summed E-state index contributed by atoms with van der Waals surface area (Å²) in [5.74, 6) is 0.0853. The highest BCUT2D eigenvalue weighted by molar-refractivity contribution is 5.99. The number of para-hydroxylation sites is 1. The number of hydrogen-bond acceptors (Lipinski definition) is 2. The van der Waals surface area contributed by atoms with Gasteiger partial charge in [-0.2, -0.15) is 0 Å². The lowest BCUT2D eigenvalue weighted by Crippen LogP contribution is -2.29. The highest BCUT2D eigenvalue weighted by atomic mass is 16.2. The van der Waals surface area contributed by atoms with Crippen LogP contribution in [0.1, 0.15) is 35.7 Å². The second kappa shape index (κ2) is 6.78. The van der Waals surface area contributed by atoms with E-state index in [1.807, 2.05) is 60.4 Å². The third kappa shape index (κ3) is 3.34. The van der Waals surface area contributed by atoms with Crippen LogP contribution in [0, 0.1) is 5.92 Å². The molecule has 0 aromatic heterocycles. The first-order chi connectivity index (χ1) is 11.2. The van der Waals surface area contributed by atoms with Gasteiger partial charge in [0.25, 0.3) is 0 Å². The van der Waals surface area contributed by atoms with Gasteiger partial charge in [0, 0.05) is 30.1 Å². The summed E-state index contributed by atoms with van der Waals surface area (Å²) in [7, 11) is 0. The Bertz CT molecular complexity index is 709. The van der Waals surface area contributed by atoms with Crippen molar-refractivity contribution in [1.82, 2.24) is 0 Å². The molecule has 3 heteroatoms. The zero-order valence-corrected chi connectivity index (χ0v) is 13.4. The fourth-order valence-electron chi connectivity index (χ4n) is 3.09. The molecule has 1 atom stereocenters. The van der Waals surface area contributed by atoms with Crippen molar-refractivity contribution in [3.8, 4) is 0 Å². The second-order valence-electron chi connectivity index (χ2n) is 6.09. The zero-order valence-electron chi connectivity index (χ0n) is 13.4. The van der Waals surface area contributed by atoms with E-state index in [4.69, 9.17) is 0 Å². The van der Waals surface area contributed by atoms with Crippen LogP contribution in [0.15, 0.2) is 54.6 Å². The predicted octanol–water partition coefficient (Wildman–Crippen LogP) is 3.87. The molecule has 1 aliphatic rings. The summed E-state index contributed by atoms with van der Waals surface area (Å²) in [6.07, 6.45) is 1.92. The molecule has 1 aliphatic heterocycles. The van der Waals surface area contributed by atoms with Crippen LogP contribution in [0.5, 0.6) is 0 Å². The van der Waals surface area contributed by atoms with E-state index in [9.17, 15) is 9.59 Å². The highest BCUT2D eigenvalue weighted by Crippen LogP contribution is 2.28. The lowest BCUT2D eigenvalue weighted by Gasteiger charge is -2.18. The summed E-state index contributed by atoms with van der Waals surface area (Å²) in [5, 5.41) is 0. The van der Waals surface area contributed by atoms with Gasteiger partial charge in [0.05, 0.1) is 0 Å². The lowest BCUT2D eigenvalue weighted by molar-refractivity contribution is -0.118. The predicted molar refractivity (Wildman–Crippen MR) is 91.7 cm³/mol. The largest absolute Gasteiger partial charge is 0.312 e. The van der Waals surface area contributed by atoms with E-state index < -0.39 is 0 Å². The van der Waals surface area contributed by atoms with Gasteiger partial charge >= 0.3 is 0 Å². The monoisotopic (exact) mass is 307 g/mol. The van der Waals surface area contributed by atoms with Crippen LogP contribution in [0.2, 0.25) is 0 Å². The molecule has 2 aromatic carbocycles. The topological polar surface area (TPSA) is 37.4 Å². The van der Waals surface area contributed by atoms with Crippen molar-refractivity contribution < 1.29 is 9.59 Å². The van der Waals surface area contributed by atoms with Gasteiger partial charge in [-0.05, 0) is 24.5 Å². The van der Waals surface area contributed by atoms with Crippen molar-refractivity contribution in [3.05, 3.63) is 65.7 Å². The molecule has 0 unspecified atom stereocenters. The number of nitrogens with zero attached hydrogens (tertiary/aromatic N) is 1. The molecule has 3 nitrogen and oxygen atoms in total. The Labute approximate surface area is 136 Å². The number of carbonyl (C=O) groups is 2. The zero-order chi connectivity index (χ0) is 16.2. The summed E-state index contributed by atoms with van der Waals surface area (Å²) >= 11 is 0. The summed E-state index contributed by atoms with van der Waals surface area (Å²) < 4.78 is 0. The maximum Gasteiger partial charge on any atom is 0.227 e. The average molecular weight is 307 g/mol. The summed E-state index contributed by atoms with van der Waals surface area (Å²) in [6, 6.07) is 17.3. The van der Waals surface area contributed by atoms with Crippen molar-refractivity contribution in [3.63, 3.8) is 0 Å². The average Bonchev–Trinajstić information content (AvgIpc) is 3.03. The SMILES string of the molecule is C[C@H](CCC(=O)N1CCc2ccccc21)C(=O)c1ccccc1. The van der Waals surface area contributed by atoms with Gasteiger partial charge in [0.2, 0.25) is 5.91 Å². The summed E-state index contributed by atoms with van der Waals surface area (Å²) in [4.78, 5) is 26.7. The Hall–Kier alpha value is -2.42. The summed E-state index contributed by atoms with van der Waals surface area (Å²) in [5.41, 5.74) is 2.98. The van der Waals surface area contributed by atoms with E-state index in [0.29, 0.717) is 12.8 Å². The van der Waals surface area contributed by atoms with Crippen molar-refractivity contribution in [2.45, 2.75) is 26.2 Å². The normalized spacial score (nSPS) is 14.4. The lowest BCUT2D eigenvalue weighted by atomic mass is 9.95. The second-order valence-corrected chi connectivity index (χ2v) is 6.09. The Morgan fingerprint density at radius 1 is 1.04 bits per heavy atom. The van der Waals surface area contributed by atoms with Crippen molar-refractivity contribution in [2.75, 3.05) is 11.4 Å². The number of ketones is 1. The molecule has 0 aliphatic carbocycles. The minimum atomic E-state index is -0.140. The van der Waals surface area contributed by atoms with Crippen LogP contribution in [-0.4, -0.2) is 18.2 Å². The Kier molecular flexibility index (Phi) is 4.56. The minimum Gasteiger partial charge on any atom is -0.312 e. The van der Waals surface area contributed by atoms with E-state index in [0.717, 1.165) is 24.2 Å². The fourth-order valence-corrected chi connectivity index (χ4v) is 3.09. The number of amides is 1. The number of fused-ring (bicyclic) bond motifs is 1. The van der Waals surface area contributed by atoms with Crippen molar-refractivity contribution in [2.24, 2.45) is 5.92 Å². The Morgan fingerprint density at radius 3 is 2.52 bits per heavy atom. The van der Waals surface area contributed by atoms with Gasteiger partial charge < -0.3 is 4.90 Å². The minimum absolute atomic E-state index is 0.111. The van der Waals surface area contributed by atoms with Crippen LogP contribution >= 0.6 is 0 Å². The molecule has 0 N–H and O–H groups in total. The van der Waals surface area contributed by atoms with E-state index in [1.54, 1.807) is 0 Å². The first-order valence-corrected chi connectivity index (χ1v) is 8.14. The van der Waals surface area contributed by atoms with Gasteiger partial charge in [0.15, 0.2) is 5.78 Å². The number of anilines is 1. The quantitative estimate of drug-likeness (QED) is 0.786. The van der Waals surface area contributed by atoms with Crippen LogP contribution in [0.4, 0.5) is 5.69 Å². The summed E-state index contributed by atoms with van der Waals surface area (Å²) in [6.45, 7) is 2.65. The molecule has 0 saturated carbocycles. The van der Waals surface area contributed by atoms with E-state index >= 15 is 0 Å². The maximum atomic E-state index is 12.5. The molecule has 0 radical (unpaired) electrons. The number of hydrogen-bond donors (Lipinski definition) is 0. The molecule has 23 heavy (non-hydrogen) atoms. The molecule has 0 fully saturated rings. The number of rotatable bonds is 5. The first-order valence-electron chi connectivity index (χ1n) is 8.14. The van der Waals surface area contributed by atoms with Crippen LogP contribution < -0.4 is 4.90 Å².